The Kier molecular flexibility index (Phi) is 4.02. The number of nitrogens with zero attached hydrogens (tertiary/aromatic N) is 1. The minimum Gasteiger partial charge on any atom is -0.376 e. The fraction of sp³-hybridized carbons (Fsp3) is 0.889. The maximum Gasteiger partial charge on any atom is 0.188 e. The highest BCUT2D eigenvalue weighted by atomic mass is 16.5. The third-order valence-corrected chi connectivity index (χ3v) is 2.28. The van der Waals surface area contributed by atoms with E-state index in [2.05, 4.69) is 6.92 Å². The Morgan fingerprint density at radius 3 is 3.08 bits per heavy atom. The molecule has 3 N–H and O–H groups in total. The first kappa shape index (κ1) is 10.3. The SMILES string of the molecule is CCCOC1CCCN(C(=N)N)C1. The summed E-state index contributed by atoms with van der Waals surface area (Å²) in [6.45, 7) is 4.61. The highest BCUT2D eigenvalue weighted by Gasteiger charge is 2.20. The second-order valence-electron chi connectivity index (χ2n) is 3.47. The number of nitrogens with two attached hydrogens (primary N) is 1. The normalized spacial score (nSPS) is 23.2. The highest BCUT2D eigenvalue weighted by Crippen LogP contribution is 2.12. The van der Waals surface area contributed by atoms with Gasteiger partial charge in [0.15, 0.2) is 5.96 Å². The lowest BCUT2D eigenvalue weighted by molar-refractivity contribution is 0.0161. The molecule has 1 saturated heterocycles. The van der Waals surface area contributed by atoms with Crippen molar-refractivity contribution in [3.63, 3.8) is 0 Å². The lowest BCUT2D eigenvalue weighted by atomic mass is 10.1. The van der Waals surface area contributed by atoms with Crippen molar-refractivity contribution in [1.82, 2.24) is 4.90 Å². The van der Waals surface area contributed by atoms with Crippen molar-refractivity contribution >= 4 is 5.96 Å². The average molecular weight is 185 g/mol. The second kappa shape index (κ2) is 5.07. The molecule has 1 aliphatic heterocycles. The van der Waals surface area contributed by atoms with Crippen molar-refractivity contribution in [2.24, 2.45) is 5.73 Å². The topological polar surface area (TPSA) is 62.3 Å². The largest absolute Gasteiger partial charge is 0.376 e. The van der Waals surface area contributed by atoms with Crippen LogP contribution in [-0.2, 0) is 4.74 Å². The van der Waals surface area contributed by atoms with Gasteiger partial charge in [0.05, 0.1) is 6.10 Å². The zero-order chi connectivity index (χ0) is 9.68. The van der Waals surface area contributed by atoms with Crippen LogP contribution in [0.5, 0.6) is 0 Å². The Hall–Kier alpha value is -0.770. The molecule has 0 aromatic carbocycles. The number of rotatable bonds is 3. The van der Waals surface area contributed by atoms with Crippen molar-refractivity contribution in [3.8, 4) is 0 Å². The average Bonchev–Trinajstić information content (AvgIpc) is 2.15. The van der Waals surface area contributed by atoms with Gasteiger partial charge in [-0.2, -0.15) is 0 Å². The first-order valence-electron chi connectivity index (χ1n) is 4.94. The molecule has 1 unspecified atom stereocenters. The predicted molar refractivity (Wildman–Crippen MR) is 52.8 cm³/mol. The number of guanidine groups is 1. The number of ether oxygens (including phenoxy) is 1. The second-order valence-corrected chi connectivity index (χ2v) is 3.47. The summed E-state index contributed by atoms with van der Waals surface area (Å²) < 4.78 is 5.62. The van der Waals surface area contributed by atoms with Crippen molar-refractivity contribution in [2.75, 3.05) is 19.7 Å². The standard InChI is InChI=1S/C9H19N3O/c1-2-6-13-8-4-3-5-12(7-8)9(10)11/h8H,2-7H2,1H3,(H3,10,11). The Morgan fingerprint density at radius 1 is 1.69 bits per heavy atom. The minimum absolute atomic E-state index is 0.171. The molecule has 1 heterocycles. The number of piperidine rings is 1. The van der Waals surface area contributed by atoms with Crippen LogP contribution < -0.4 is 5.73 Å². The molecule has 0 saturated carbocycles. The van der Waals surface area contributed by atoms with Crippen LogP contribution in [0.15, 0.2) is 0 Å². The first-order valence-corrected chi connectivity index (χ1v) is 4.94. The van der Waals surface area contributed by atoms with E-state index in [0.717, 1.165) is 39.0 Å². The minimum atomic E-state index is 0.171. The lowest BCUT2D eigenvalue weighted by Gasteiger charge is -2.32. The highest BCUT2D eigenvalue weighted by molar-refractivity contribution is 5.74. The molecule has 1 rings (SSSR count). The molecule has 4 heteroatoms. The molecule has 0 radical (unpaired) electrons. The van der Waals surface area contributed by atoms with E-state index in [0.29, 0.717) is 0 Å². The molecule has 1 atom stereocenters. The fourth-order valence-corrected chi connectivity index (χ4v) is 1.58. The number of hydrogen-bond donors (Lipinski definition) is 2. The van der Waals surface area contributed by atoms with Crippen LogP contribution in [0, 0.1) is 5.41 Å². The zero-order valence-electron chi connectivity index (χ0n) is 8.25. The van der Waals surface area contributed by atoms with E-state index in [-0.39, 0.29) is 12.1 Å². The summed E-state index contributed by atoms with van der Waals surface area (Å²) in [5.74, 6) is 0.171. The predicted octanol–water partition coefficient (Wildman–Crippen LogP) is 0.771. The van der Waals surface area contributed by atoms with Crippen LogP contribution in [0.2, 0.25) is 0 Å². The van der Waals surface area contributed by atoms with Gasteiger partial charge < -0.3 is 15.4 Å². The zero-order valence-corrected chi connectivity index (χ0v) is 8.25. The van der Waals surface area contributed by atoms with E-state index in [9.17, 15) is 0 Å². The van der Waals surface area contributed by atoms with Gasteiger partial charge in [-0.1, -0.05) is 6.92 Å². The van der Waals surface area contributed by atoms with Crippen LogP contribution >= 0.6 is 0 Å². The fourth-order valence-electron chi connectivity index (χ4n) is 1.58. The van der Waals surface area contributed by atoms with Gasteiger partial charge in [0.2, 0.25) is 0 Å². The summed E-state index contributed by atoms with van der Waals surface area (Å²) in [5.41, 5.74) is 5.41. The Balaban J connectivity index is 2.29. The van der Waals surface area contributed by atoms with E-state index in [1.807, 2.05) is 4.90 Å². The maximum atomic E-state index is 7.30. The van der Waals surface area contributed by atoms with Crippen LogP contribution in [0.4, 0.5) is 0 Å². The van der Waals surface area contributed by atoms with Gasteiger partial charge >= 0.3 is 0 Å². The third-order valence-electron chi connectivity index (χ3n) is 2.28. The molecule has 0 bridgehead atoms. The molecular formula is C9H19N3O. The van der Waals surface area contributed by atoms with E-state index in [1.54, 1.807) is 0 Å². The molecule has 0 aromatic heterocycles. The summed E-state index contributed by atoms with van der Waals surface area (Å²) in [6, 6.07) is 0. The molecule has 1 fully saturated rings. The summed E-state index contributed by atoms with van der Waals surface area (Å²) in [5, 5.41) is 7.30. The van der Waals surface area contributed by atoms with Gasteiger partial charge in [0.25, 0.3) is 0 Å². The van der Waals surface area contributed by atoms with Gasteiger partial charge in [-0.15, -0.1) is 0 Å². The Bertz CT molecular complexity index is 172. The Morgan fingerprint density at radius 2 is 2.46 bits per heavy atom. The summed E-state index contributed by atoms with van der Waals surface area (Å²) >= 11 is 0. The van der Waals surface area contributed by atoms with E-state index in [4.69, 9.17) is 15.9 Å². The molecule has 0 spiro atoms. The van der Waals surface area contributed by atoms with Crippen LogP contribution in [0.25, 0.3) is 0 Å². The summed E-state index contributed by atoms with van der Waals surface area (Å²) in [7, 11) is 0. The molecule has 0 aliphatic carbocycles. The van der Waals surface area contributed by atoms with Gasteiger partial charge in [-0.3, -0.25) is 5.41 Å². The van der Waals surface area contributed by atoms with Gasteiger partial charge in [0, 0.05) is 19.7 Å². The molecule has 1 aliphatic rings. The van der Waals surface area contributed by atoms with Crippen molar-refractivity contribution in [3.05, 3.63) is 0 Å². The lowest BCUT2D eigenvalue weighted by Crippen LogP contribution is -2.46. The van der Waals surface area contributed by atoms with Crippen molar-refractivity contribution in [1.29, 1.82) is 5.41 Å². The van der Waals surface area contributed by atoms with Crippen molar-refractivity contribution in [2.45, 2.75) is 32.3 Å². The molecule has 76 valence electrons. The molecule has 0 aromatic rings. The number of nitrogens with one attached hydrogen (secondary N) is 1. The van der Waals surface area contributed by atoms with Crippen LogP contribution in [-0.4, -0.2) is 36.7 Å². The molecule has 4 nitrogen and oxygen atoms in total. The maximum absolute atomic E-state index is 7.30. The van der Waals surface area contributed by atoms with Gasteiger partial charge in [-0.05, 0) is 19.3 Å². The molecule has 13 heavy (non-hydrogen) atoms. The van der Waals surface area contributed by atoms with E-state index < -0.39 is 0 Å². The smallest absolute Gasteiger partial charge is 0.188 e. The Labute approximate surface area is 79.6 Å². The quantitative estimate of drug-likeness (QED) is 0.504. The monoisotopic (exact) mass is 185 g/mol. The van der Waals surface area contributed by atoms with E-state index in [1.165, 1.54) is 0 Å². The van der Waals surface area contributed by atoms with E-state index >= 15 is 0 Å². The van der Waals surface area contributed by atoms with Crippen LogP contribution in [0.1, 0.15) is 26.2 Å². The van der Waals surface area contributed by atoms with Crippen LogP contribution in [0.3, 0.4) is 0 Å². The van der Waals surface area contributed by atoms with Gasteiger partial charge in [0.1, 0.15) is 0 Å². The molecular weight excluding hydrogens is 166 g/mol. The van der Waals surface area contributed by atoms with Crippen molar-refractivity contribution < 1.29 is 4.74 Å². The summed E-state index contributed by atoms with van der Waals surface area (Å²) in [4.78, 5) is 1.88. The first-order chi connectivity index (χ1) is 6.24. The number of likely N-dealkylation sites (tertiary alicyclic amines) is 1. The van der Waals surface area contributed by atoms with Gasteiger partial charge in [-0.25, -0.2) is 0 Å². The third kappa shape index (κ3) is 3.22. The summed E-state index contributed by atoms with van der Waals surface area (Å²) in [6.07, 6.45) is 3.51. The molecule has 0 amide bonds. The number of hydrogen-bond acceptors (Lipinski definition) is 2.